The van der Waals surface area contributed by atoms with Crippen molar-refractivity contribution in [2.75, 3.05) is 13.2 Å². The molecule has 0 saturated carbocycles. The van der Waals surface area contributed by atoms with Gasteiger partial charge >= 0.3 is 17.9 Å². The zero-order valence-electron chi connectivity index (χ0n) is 54.3. The summed E-state index contributed by atoms with van der Waals surface area (Å²) in [6.45, 7) is 6.55. The predicted molar refractivity (Wildman–Crippen MR) is 353 cm³/mol. The van der Waals surface area contributed by atoms with Gasteiger partial charge in [-0.1, -0.05) is 338 Å². The molecule has 0 aromatic carbocycles. The fourth-order valence-corrected chi connectivity index (χ4v) is 10.7. The van der Waals surface area contributed by atoms with Crippen LogP contribution in [0.3, 0.4) is 0 Å². The third-order valence-corrected chi connectivity index (χ3v) is 16.0. The quantitative estimate of drug-likeness (QED) is 0.0261. The zero-order chi connectivity index (χ0) is 58.5. The van der Waals surface area contributed by atoms with Crippen LogP contribution in [0.5, 0.6) is 0 Å². The SMILES string of the molecule is CC/C=C\C/C=C\C/C=C\C/C=C\CCCCC(=O)OCC(COC(=O)CCCCCCCCCCCCCCCCCCCCCCCCCCCCCCCC)OC(=O)CCCCCCCCC/C=C\CCCCCCCCC. The maximum atomic E-state index is 12.9. The molecule has 81 heavy (non-hydrogen) atoms. The van der Waals surface area contributed by atoms with E-state index in [1.54, 1.807) is 0 Å². The number of hydrogen-bond acceptors (Lipinski definition) is 6. The van der Waals surface area contributed by atoms with Gasteiger partial charge in [0.1, 0.15) is 13.2 Å². The second-order valence-electron chi connectivity index (χ2n) is 24.1. The van der Waals surface area contributed by atoms with Crippen molar-refractivity contribution in [2.45, 2.75) is 386 Å². The fourth-order valence-electron chi connectivity index (χ4n) is 10.7. The normalized spacial score (nSPS) is 12.4. The second kappa shape index (κ2) is 69.6. The molecule has 0 bridgehead atoms. The van der Waals surface area contributed by atoms with Crippen molar-refractivity contribution in [3.63, 3.8) is 0 Å². The molecule has 0 aliphatic carbocycles. The van der Waals surface area contributed by atoms with E-state index in [9.17, 15) is 14.4 Å². The third kappa shape index (κ3) is 67.8. The van der Waals surface area contributed by atoms with Gasteiger partial charge < -0.3 is 14.2 Å². The molecule has 0 saturated heterocycles. The van der Waals surface area contributed by atoms with Gasteiger partial charge in [-0.25, -0.2) is 0 Å². The minimum atomic E-state index is -0.794. The fraction of sp³-hybridized carbons (Fsp3) is 0.827. The van der Waals surface area contributed by atoms with Crippen molar-refractivity contribution >= 4 is 17.9 Å². The van der Waals surface area contributed by atoms with E-state index in [-0.39, 0.29) is 31.1 Å². The molecule has 0 amide bonds. The molecule has 0 aliphatic heterocycles. The summed E-state index contributed by atoms with van der Waals surface area (Å²) in [4.78, 5) is 38.4. The number of carbonyl (C=O) groups excluding carboxylic acids is 3. The van der Waals surface area contributed by atoms with Gasteiger partial charge in [-0.3, -0.25) is 14.4 Å². The Kier molecular flexibility index (Phi) is 67.1. The van der Waals surface area contributed by atoms with Gasteiger partial charge in [-0.05, 0) is 83.5 Å². The number of esters is 3. The van der Waals surface area contributed by atoms with Gasteiger partial charge in [0.25, 0.3) is 0 Å². The van der Waals surface area contributed by atoms with Gasteiger partial charge in [0, 0.05) is 19.3 Å². The Hall–Kier alpha value is -2.89. The Balaban J connectivity index is 4.22. The lowest BCUT2D eigenvalue weighted by molar-refractivity contribution is -0.167. The van der Waals surface area contributed by atoms with Crippen LogP contribution in [0.25, 0.3) is 0 Å². The molecule has 0 aromatic heterocycles. The molecule has 0 radical (unpaired) electrons. The average molecular weight is 1130 g/mol. The molecule has 472 valence electrons. The molecule has 0 N–H and O–H groups in total. The smallest absolute Gasteiger partial charge is 0.306 e. The van der Waals surface area contributed by atoms with E-state index < -0.39 is 6.10 Å². The van der Waals surface area contributed by atoms with Gasteiger partial charge in [0.2, 0.25) is 0 Å². The molecule has 0 fully saturated rings. The summed E-state index contributed by atoms with van der Waals surface area (Å²) in [5.41, 5.74) is 0. The van der Waals surface area contributed by atoms with Crippen LogP contribution in [0.4, 0.5) is 0 Å². The van der Waals surface area contributed by atoms with E-state index in [4.69, 9.17) is 14.2 Å². The van der Waals surface area contributed by atoms with Gasteiger partial charge in [0.15, 0.2) is 6.10 Å². The maximum Gasteiger partial charge on any atom is 0.306 e. The standard InChI is InChI=1S/C75H136O6/c1-4-7-10-13-16-19-22-25-28-30-32-33-34-35-36-37-38-39-40-41-42-43-45-47-50-53-56-59-62-65-68-74(77)80-71-72(70-79-73(76)67-64-61-58-55-52-49-46-27-24-21-18-15-12-9-6-3)81-75(78)69-66-63-60-57-54-51-48-44-31-29-26-23-20-17-14-11-8-5-2/h9,12,18,21,27,29,31,46,52,55,72H,4-8,10-11,13-17,19-20,22-26,28,30,32-45,47-51,53-54,56-71H2,1-3H3/b12-9-,21-18-,31-29-,46-27-,55-52-. The summed E-state index contributed by atoms with van der Waals surface area (Å²) in [5, 5.41) is 0. The lowest BCUT2D eigenvalue weighted by atomic mass is 10.0. The zero-order valence-corrected chi connectivity index (χ0v) is 54.3. The minimum absolute atomic E-state index is 0.0857. The number of unbranched alkanes of at least 4 members (excludes halogenated alkanes) is 45. The highest BCUT2D eigenvalue weighted by molar-refractivity contribution is 5.71. The lowest BCUT2D eigenvalue weighted by Crippen LogP contribution is -2.30. The van der Waals surface area contributed by atoms with E-state index in [2.05, 4.69) is 81.5 Å². The molecule has 0 spiro atoms. The van der Waals surface area contributed by atoms with Crippen molar-refractivity contribution < 1.29 is 28.6 Å². The maximum absolute atomic E-state index is 12.9. The molecule has 6 heteroatoms. The van der Waals surface area contributed by atoms with Crippen LogP contribution >= 0.6 is 0 Å². The topological polar surface area (TPSA) is 78.9 Å². The van der Waals surface area contributed by atoms with Crippen LogP contribution in [0.15, 0.2) is 60.8 Å². The van der Waals surface area contributed by atoms with Crippen LogP contribution < -0.4 is 0 Å². The average Bonchev–Trinajstić information content (AvgIpc) is 3.47. The summed E-state index contributed by atoms with van der Waals surface area (Å²) in [5.74, 6) is -0.912. The first-order chi connectivity index (χ1) is 40.0. The Labute approximate surface area is 504 Å². The van der Waals surface area contributed by atoms with Crippen LogP contribution in [0.2, 0.25) is 0 Å². The molecule has 0 heterocycles. The molecule has 1 unspecified atom stereocenters. The minimum Gasteiger partial charge on any atom is -0.462 e. The molecular formula is C75H136O6. The van der Waals surface area contributed by atoms with Crippen molar-refractivity contribution in [1.29, 1.82) is 0 Å². The van der Waals surface area contributed by atoms with Gasteiger partial charge in [-0.15, -0.1) is 0 Å². The van der Waals surface area contributed by atoms with Crippen molar-refractivity contribution in [3.05, 3.63) is 60.8 Å². The summed E-state index contributed by atoms with van der Waals surface area (Å²) in [7, 11) is 0. The van der Waals surface area contributed by atoms with E-state index in [0.717, 1.165) is 83.5 Å². The Morgan fingerprint density at radius 3 is 0.790 bits per heavy atom. The van der Waals surface area contributed by atoms with Crippen molar-refractivity contribution in [2.24, 2.45) is 0 Å². The number of allylic oxidation sites excluding steroid dienone is 10. The van der Waals surface area contributed by atoms with Gasteiger partial charge in [-0.2, -0.15) is 0 Å². The van der Waals surface area contributed by atoms with Gasteiger partial charge in [0.05, 0.1) is 0 Å². The van der Waals surface area contributed by atoms with Crippen LogP contribution in [0.1, 0.15) is 380 Å². The first-order valence-corrected chi connectivity index (χ1v) is 35.8. The Morgan fingerprint density at radius 1 is 0.259 bits per heavy atom. The summed E-state index contributed by atoms with van der Waals surface area (Å²) in [6.07, 6.45) is 89.9. The first-order valence-electron chi connectivity index (χ1n) is 35.8. The Bertz CT molecular complexity index is 1440. The summed E-state index contributed by atoms with van der Waals surface area (Å²) < 4.78 is 16.9. The second-order valence-corrected chi connectivity index (χ2v) is 24.1. The first kappa shape index (κ1) is 78.1. The molecule has 0 aliphatic rings. The van der Waals surface area contributed by atoms with E-state index in [1.807, 2.05) is 0 Å². The van der Waals surface area contributed by atoms with Crippen molar-refractivity contribution in [1.82, 2.24) is 0 Å². The van der Waals surface area contributed by atoms with E-state index in [0.29, 0.717) is 19.3 Å². The van der Waals surface area contributed by atoms with Crippen molar-refractivity contribution in [3.8, 4) is 0 Å². The predicted octanol–water partition coefficient (Wildman–Crippen LogP) is 24.7. The highest BCUT2D eigenvalue weighted by atomic mass is 16.6. The summed E-state index contributed by atoms with van der Waals surface area (Å²) in [6, 6.07) is 0. The summed E-state index contributed by atoms with van der Waals surface area (Å²) >= 11 is 0. The molecular weight excluding hydrogens is 997 g/mol. The van der Waals surface area contributed by atoms with E-state index in [1.165, 1.54) is 257 Å². The molecule has 1 atom stereocenters. The van der Waals surface area contributed by atoms with Crippen LogP contribution in [0, 0.1) is 0 Å². The highest BCUT2D eigenvalue weighted by Gasteiger charge is 2.19. The van der Waals surface area contributed by atoms with E-state index >= 15 is 0 Å². The molecule has 6 nitrogen and oxygen atoms in total. The van der Waals surface area contributed by atoms with Crippen LogP contribution in [-0.4, -0.2) is 37.2 Å². The molecule has 0 aromatic rings. The third-order valence-electron chi connectivity index (χ3n) is 16.0. The number of hydrogen-bond donors (Lipinski definition) is 0. The monoisotopic (exact) mass is 1130 g/mol. The number of ether oxygens (including phenoxy) is 3. The lowest BCUT2D eigenvalue weighted by Gasteiger charge is -2.18. The Morgan fingerprint density at radius 2 is 0.481 bits per heavy atom. The van der Waals surface area contributed by atoms with Crippen LogP contribution in [-0.2, 0) is 28.6 Å². The largest absolute Gasteiger partial charge is 0.462 e. The number of rotatable bonds is 66. The molecule has 0 rings (SSSR count). The highest BCUT2D eigenvalue weighted by Crippen LogP contribution is 2.18. The number of carbonyl (C=O) groups is 3.